The third-order valence-corrected chi connectivity index (χ3v) is 4.56. The van der Waals surface area contributed by atoms with E-state index in [1.54, 1.807) is 31.2 Å². The second-order valence-corrected chi connectivity index (χ2v) is 6.56. The smallest absolute Gasteiger partial charge is 0.339 e. The molecule has 9 heteroatoms. The number of aryl methyl sites for hydroxylation is 1. The molecule has 0 radical (unpaired) electrons. The van der Waals surface area contributed by atoms with Crippen molar-refractivity contribution in [2.75, 3.05) is 19.6 Å². The summed E-state index contributed by atoms with van der Waals surface area (Å²) in [5, 5.41) is 14.5. The number of hydrogen-bond donors (Lipinski definition) is 3. The van der Waals surface area contributed by atoms with Crippen molar-refractivity contribution < 1.29 is 28.7 Å². The summed E-state index contributed by atoms with van der Waals surface area (Å²) in [6.07, 6.45) is 0.364. The van der Waals surface area contributed by atoms with E-state index in [0.29, 0.717) is 25.1 Å². The molecule has 0 aliphatic carbocycles. The van der Waals surface area contributed by atoms with Gasteiger partial charge in [0, 0.05) is 37.7 Å². The molecule has 3 rings (SSSR count). The predicted octanol–water partition coefficient (Wildman–Crippen LogP) is 1.04. The van der Waals surface area contributed by atoms with E-state index in [2.05, 4.69) is 10.6 Å². The zero-order valence-electron chi connectivity index (χ0n) is 15.9. The molecule has 1 aliphatic heterocycles. The zero-order valence-corrected chi connectivity index (χ0v) is 15.9. The number of nitrogens with one attached hydrogen (secondary N) is 2. The lowest BCUT2D eigenvalue weighted by Gasteiger charge is -2.26. The molecule has 1 fully saturated rings. The number of furan rings is 1. The first-order chi connectivity index (χ1) is 13.9. The molecule has 152 valence electrons. The van der Waals surface area contributed by atoms with Gasteiger partial charge in [0.05, 0.1) is 6.54 Å². The summed E-state index contributed by atoms with van der Waals surface area (Å²) in [5.41, 5.74) is 1.19. The van der Waals surface area contributed by atoms with Crippen LogP contribution < -0.4 is 10.6 Å². The van der Waals surface area contributed by atoms with Crippen molar-refractivity contribution in [1.82, 2.24) is 15.5 Å². The SMILES string of the molecule is CCc1oc(C(=O)NCc2ccc(C(=O)N3CCNC(=O)C3)cc2)cc1C(=O)O. The molecule has 1 aliphatic rings. The van der Waals surface area contributed by atoms with Gasteiger partial charge in [-0.2, -0.15) is 0 Å². The summed E-state index contributed by atoms with van der Waals surface area (Å²) in [4.78, 5) is 48.8. The molecule has 1 aromatic carbocycles. The van der Waals surface area contributed by atoms with Gasteiger partial charge in [0.15, 0.2) is 5.76 Å². The van der Waals surface area contributed by atoms with Gasteiger partial charge >= 0.3 is 5.97 Å². The Bertz CT molecular complexity index is 948. The summed E-state index contributed by atoms with van der Waals surface area (Å²) >= 11 is 0. The van der Waals surface area contributed by atoms with Crippen molar-refractivity contribution in [1.29, 1.82) is 0 Å². The van der Waals surface area contributed by atoms with E-state index in [1.165, 1.54) is 11.0 Å². The highest BCUT2D eigenvalue weighted by Gasteiger charge is 2.22. The third kappa shape index (κ3) is 4.63. The minimum absolute atomic E-state index is 0.0214. The van der Waals surface area contributed by atoms with Crippen LogP contribution in [-0.2, 0) is 17.8 Å². The van der Waals surface area contributed by atoms with Gasteiger partial charge in [0.2, 0.25) is 5.91 Å². The van der Waals surface area contributed by atoms with Crippen LogP contribution in [0.2, 0.25) is 0 Å². The molecule has 2 heterocycles. The molecular formula is C20H21N3O6. The number of nitrogens with zero attached hydrogens (tertiary/aromatic N) is 1. The summed E-state index contributed by atoms with van der Waals surface area (Å²) in [7, 11) is 0. The molecule has 2 aromatic rings. The lowest BCUT2D eigenvalue weighted by Crippen LogP contribution is -2.49. The molecule has 29 heavy (non-hydrogen) atoms. The number of rotatable bonds is 6. The van der Waals surface area contributed by atoms with Crippen molar-refractivity contribution in [3.8, 4) is 0 Å². The maximum absolute atomic E-state index is 12.4. The molecule has 0 spiro atoms. The Balaban J connectivity index is 1.60. The highest BCUT2D eigenvalue weighted by molar-refractivity contribution is 5.97. The number of carbonyl (C=O) groups excluding carboxylic acids is 3. The van der Waals surface area contributed by atoms with Crippen LogP contribution in [-0.4, -0.2) is 53.3 Å². The second-order valence-electron chi connectivity index (χ2n) is 6.56. The number of amides is 3. The van der Waals surface area contributed by atoms with Crippen LogP contribution in [0.1, 0.15) is 49.5 Å². The number of hydrogen-bond acceptors (Lipinski definition) is 5. The quantitative estimate of drug-likeness (QED) is 0.666. The van der Waals surface area contributed by atoms with Crippen LogP contribution in [0.3, 0.4) is 0 Å². The fourth-order valence-electron chi connectivity index (χ4n) is 3.01. The molecule has 0 unspecified atom stereocenters. The van der Waals surface area contributed by atoms with Crippen LogP contribution in [0, 0.1) is 0 Å². The van der Waals surface area contributed by atoms with Gasteiger partial charge < -0.3 is 25.1 Å². The van der Waals surface area contributed by atoms with Gasteiger partial charge in [-0.05, 0) is 17.7 Å². The number of carboxylic acids is 1. The summed E-state index contributed by atoms with van der Waals surface area (Å²) in [6, 6.07) is 7.91. The van der Waals surface area contributed by atoms with Gasteiger partial charge in [0.1, 0.15) is 11.3 Å². The third-order valence-electron chi connectivity index (χ3n) is 4.56. The van der Waals surface area contributed by atoms with E-state index in [0.717, 1.165) is 5.56 Å². The van der Waals surface area contributed by atoms with Crippen molar-refractivity contribution >= 4 is 23.7 Å². The topological polar surface area (TPSA) is 129 Å². The predicted molar refractivity (Wildman–Crippen MR) is 102 cm³/mol. The molecule has 0 atom stereocenters. The molecular weight excluding hydrogens is 378 g/mol. The maximum atomic E-state index is 12.4. The Kier molecular flexibility index (Phi) is 5.96. The fraction of sp³-hybridized carbons (Fsp3) is 0.300. The Labute approximate surface area is 166 Å². The Morgan fingerprint density at radius 3 is 2.55 bits per heavy atom. The molecule has 1 saturated heterocycles. The number of piperazine rings is 1. The lowest BCUT2D eigenvalue weighted by molar-refractivity contribution is -0.123. The van der Waals surface area contributed by atoms with E-state index in [-0.39, 0.29) is 42.0 Å². The van der Waals surface area contributed by atoms with E-state index in [9.17, 15) is 19.2 Å². The maximum Gasteiger partial charge on any atom is 0.339 e. The monoisotopic (exact) mass is 399 g/mol. The molecule has 0 bridgehead atoms. The average molecular weight is 399 g/mol. The number of carboxylic acid groups (broad SMARTS) is 1. The van der Waals surface area contributed by atoms with Crippen LogP contribution in [0.5, 0.6) is 0 Å². The Hall–Kier alpha value is -3.62. The standard InChI is InChI=1S/C20H21N3O6/c1-2-15-14(20(27)28)9-16(29-15)18(25)22-10-12-3-5-13(6-4-12)19(26)23-8-7-21-17(24)11-23/h3-6,9H,2,7-8,10-11H2,1H3,(H,21,24)(H,22,25)(H,27,28). The summed E-state index contributed by atoms with van der Waals surface area (Å²) in [6.45, 7) is 2.86. The van der Waals surface area contributed by atoms with Gasteiger partial charge in [-0.3, -0.25) is 14.4 Å². The highest BCUT2D eigenvalue weighted by atomic mass is 16.4. The molecule has 1 aromatic heterocycles. The fourth-order valence-corrected chi connectivity index (χ4v) is 3.01. The first kappa shape index (κ1) is 20.1. The molecule has 3 N–H and O–H groups in total. The minimum Gasteiger partial charge on any atom is -0.478 e. The van der Waals surface area contributed by atoms with Crippen molar-refractivity contribution in [3.05, 3.63) is 58.5 Å². The van der Waals surface area contributed by atoms with E-state index in [1.807, 2.05) is 0 Å². The first-order valence-corrected chi connectivity index (χ1v) is 9.18. The van der Waals surface area contributed by atoms with Crippen LogP contribution >= 0.6 is 0 Å². The number of aromatic carboxylic acids is 1. The number of carbonyl (C=O) groups is 4. The molecule has 3 amide bonds. The van der Waals surface area contributed by atoms with Crippen molar-refractivity contribution in [2.24, 2.45) is 0 Å². The van der Waals surface area contributed by atoms with Gasteiger partial charge in [0.25, 0.3) is 11.8 Å². The van der Waals surface area contributed by atoms with Crippen LogP contribution in [0.15, 0.2) is 34.7 Å². The second kappa shape index (κ2) is 8.59. The van der Waals surface area contributed by atoms with Gasteiger partial charge in [-0.25, -0.2) is 4.79 Å². The lowest BCUT2D eigenvalue weighted by atomic mass is 10.1. The van der Waals surface area contributed by atoms with E-state index in [4.69, 9.17) is 9.52 Å². The van der Waals surface area contributed by atoms with Crippen LogP contribution in [0.4, 0.5) is 0 Å². The zero-order chi connectivity index (χ0) is 21.0. The first-order valence-electron chi connectivity index (χ1n) is 9.18. The highest BCUT2D eigenvalue weighted by Crippen LogP contribution is 2.17. The largest absolute Gasteiger partial charge is 0.478 e. The van der Waals surface area contributed by atoms with Gasteiger partial charge in [-0.15, -0.1) is 0 Å². The Morgan fingerprint density at radius 1 is 1.24 bits per heavy atom. The average Bonchev–Trinajstić information content (AvgIpc) is 3.17. The Morgan fingerprint density at radius 2 is 1.97 bits per heavy atom. The summed E-state index contributed by atoms with van der Waals surface area (Å²) in [5.74, 6) is -1.88. The molecule has 0 saturated carbocycles. The van der Waals surface area contributed by atoms with E-state index >= 15 is 0 Å². The minimum atomic E-state index is -1.14. The van der Waals surface area contributed by atoms with Gasteiger partial charge in [-0.1, -0.05) is 19.1 Å². The molecule has 9 nitrogen and oxygen atoms in total. The van der Waals surface area contributed by atoms with Crippen molar-refractivity contribution in [3.63, 3.8) is 0 Å². The normalized spacial score (nSPS) is 13.7. The van der Waals surface area contributed by atoms with E-state index < -0.39 is 11.9 Å². The summed E-state index contributed by atoms with van der Waals surface area (Å²) < 4.78 is 5.33. The van der Waals surface area contributed by atoms with Crippen LogP contribution in [0.25, 0.3) is 0 Å². The van der Waals surface area contributed by atoms with Crippen molar-refractivity contribution in [2.45, 2.75) is 19.9 Å². The number of benzene rings is 1.